The number of carbonyl (C=O) groups excluding carboxylic acids is 1. The first-order valence-corrected chi connectivity index (χ1v) is 9.14. The molecule has 0 bridgehead atoms. The Balaban J connectivity index is 2.54. The van der Waals surface area contributed by atoms with Crippen LogP contribution in [-0.2, 0) is 5.60 Å². The fraction of sp³-hybridized carbons (Fsp3) is 0.188. The average molecular weight is 479 g/mol. The highest BCUT2D eigenvalue weighted by atomic mass is 35.5. The topological polar surface area (TPSA) is 77.8 Å². The van der Waals surface area contributed by atoms with Gasteiger partial charge >= 0.3 is 0 Å². The van der Waals surface area contributed by atoms with E-state index in [9.17, 15) is 20.1 Å². The Morgan fingerprint density at radius 2 is 1.31 bits per heavy atom. The van der Waals surface area contributed by atoms with Crippen molar-refractivity contribution in [2.75, 3.05) is 6.61 Å². The zero-order valence-corrected chi connectivity index (χ0v) is 17.1. The van der Waals surface area contributed by atoms with Crippen LogP contribution in [0.4, 0.5) is 0 Å². The SMILES string of the molecule is O=C(c1cc(Cl)c(Cl)cc1Cl)C(O)C(O)(CO)c1cc(Cl)c(Cl)cc1Cl. The lowest BCUT2D eigenvalue weighted by Gasteiger charge is -2.32. The highest BCUT2D eigenvalue weighted by Gasteiger charge is 2.44. The molecule has 0 amide bonds. The van der Waals surface area contributed by atoms with E-state index in [4.69, 9.17) is 69.6 Å². The molecular formula is C16H10Cl6O4. The van der Waals surface area contributed by atoms with E-state index in [1.807, 2.05) is 0 Å². The van der Waals surface area contributed by atoms with E-state index in [0.717, 1.165) is 12.1 Å². The lowest BCUT2D eigenvalue weighted by Crippen LogP contribution is -2.47. The van der Waals surface area contributed by atoms with Crippen molar-refractivity contribution in [1.29, 1.82) is 0 Å². The minimum Gasteiger partial charge on any atom is -0.393 e. The number of ketones is 1. The molecule has 0 heterocycles. The van der Waals surface area contributed by atoms with Crippen molar-refractivity contribution in [3.8, 4) is 0 Å². The molecule has 140 valence electrons. The van der Waals surface area contributed by atoms with Gasteiger partial charge in [-0.05, 0) is 24.3 Å². The van der Waals surface area contributed by atoms with Gasteiger partial charge in [0.2, 0.25) is 0 Å². The molecule has 0 saturated carbocycles. The molecule has 2 rings (SSSR count). The first kappa shape index (κ1) is 22.0. The van der Waals surface area contributed by atoms with Crippen LogP contribution in [0.3, 0.4) is 0 Å². The maximum Gasteiger partial charge on any atom is 0.196 e. The second-order valence-electron chi connectivity index (χ2n) is 5.34. The molecule has 10 heteroatoms. The lowest BCUT2D eigenvalue weighted by atomic mass is 9.84. The molecular weight excluding hydrogens is 469 g/mol. The van der Waals surface area contributed by atoms with E-state index < -0.39 is 24.1 Å². The van der Waals surface area contributed by atoms with Crippen LogP contribution in [0, 0.1) is 0 Å². The maximum atomic E-state index is 12.7. The first-order valence-electron chi connectivity index (χ1n) is 6.88. The number of rotatable bonds is 5. The monoisotopic (exact) mass is 476 g/mol. The van der Waals surface area contributed by atoms with Crippen LogP contribution in [0.25, 0.3) is 0 Å². The van der Waals surface area contributed by atoms with Crippen molar-refractivity contribution in [3.05, 3.63) is 65.5 Å². The molecule has 0 saturated heterocycles. The third-order valence-electron chi connectivity index (χ3n) is 3.69. The van der Waals surface area contributed by atoms with Gasteiger partial charge in [0.15, 0.2) is 11.9 Å². The highest BCUT2D eigenvalue weighted by molar-refractivity contribution is 6.44. The second-order valence-corrected chi connectivity index (χ2v) is 7.78. The predicted octanol–water partition coefficient (Wildman–Crippen LogP) is 5.03. The van der Waals surface area contributed by atoms with Gasteiger partial charge in [0.25, 0.3) is 0 Å². The Morgan fingerprint density at radius 3 is 1.85 bits per heavy atom. The van der Waals surface area contributed by atoms with Crippen LogP contribution in [0.2, 0.25) is 30.1 Å². The summed E-state index contributed by atoms with van der Waals surface area (Å²) >= 11 is 35.4. The molecule has 2 aromatic carbocycles. The smallest absolute Gasteiger partial charge is 0.196 e. The minimum absolute atomic E-state index is 0.00478. The summed E-state index contributed by atoms with van der Waals surface area (Å²) < 4.78 is 0. The molecule has 0 aliphatic heterocycles. The normalized spacial score (nSPS) is 14.8. The van der Waals surface area contributed by atoms with Crippen molar-refractivity contribution in [1.82, 2.24) is 0 Å². The number of benzene rings is 2. The molecule has 0 fully saturated rings. The van der Waals surface area contributed by atoms with Gasteiger partial charge in [-0.1, -0.05) is 69.6 Å². The predicted molar refractivity (Wildman–Crippen MR) is 104 cm³/mol. The molecule has 0 aliphatic rings. The third kappa shape index (κ3) is 4.09. The van der Waals surface area contributed by atoms with Crippen LogP contribution >= 0.6 is 69.6 Å². The van der Waals surface area contributed by atoms with E-state index in [1.54, 1.807) is 0 Å². The zero-order chi connectivity index (χ0) is 19.8. The number of aliphatic hydroxyl groups excluding tert-OH is 2. The van der Waals surface area contributed by atoms with Gasteiger partial charge in [0.05, 0.1) is 31.7 Å². The van der Waals surface area contributed by atoms with Crippen molar-refractivity contribution < 1.29 is 20.1 Å². The van der Waals surface area contributed by atoms with Gasteiger partial charge in [-0.15, -0.1) is 0 Å². The maximum absolute atomic E-state index is 12.7. The van der Waals surface area contributed by atoms with Gasteiger partial charge in [-0.2, -0.15) is 0 Å². The fourth-order valence-corrected chi connectivity index (χ4v) is 3.60. The highest BCUT2D eigenvalue weighted by Crippen LogP contribution is 2.38. The summed E-state index contributed by atoms with van der Waals surface area (Å²) in [6, 6.07) is 4.72. The summed E-state index contributed by atoms with van der Waals surface area (Å²) in [4.78, 5) is 12.7. The van der Waals surface area contributed by atoms with Gasteiger partial charge in [-0.25, -0.2) is 0 Å². The summed E-state index contributed by atoms with van der Waals surface area (Å²) in [6.45, 7) is -1.05. The number of halogens is 6. The summed E-state index contributed by atoms with van der Waals surface area (Å²) in [5.74, 6) is -1.01. The fourth-order valence-electron chi connectivity index (χ4n) is 2.25. The van der Waals surface area contributed by atoms with E-state index in [-0.39, 0.29) is 41.3 Å². The van der Waals surface area contributed by atoms with Gasteiger partial charge in [0, 0.05) is 16.1 Å². The molecule has 0 radical (unpaired) electrons. The van der Waals surface area contributed by atoms with Crippen molar-refractivity contribution >= 4 is 75.4 Å². The van der Waals surface area contributed by atoms with Crippen molar-refractivity contribution in [2.24, 2.45) is 0 Å². The standard InChI is InChI=1S/C16H10Cl6O4/c17-8-3-12(21)10(19)1-6(8)14(24)15(25)16(26,5-23)7-2-11(20)13(22)4-9(7)18/h1-4,15,23,25-26H,5H2. The van der Waals surface area contributed by atoms with Gasteiger partial charge in [-0.3, -0.25) is 4.79 Å². The largest absolute Gasteiger partial charge is 0.393 e. The summed E-state index contributed by atoms with van der Waals surface area (Å²) in [6.07, 6.45) is -2.14. The number of aliphatic hydroxyl groups is 3. The lowest BCUT2D eigenvalue weighted by molar-refractivity contribution is -0.0942. The van der Waals surface area contributed by atoms with Crippen LogP contribution in [0.5, 0.6) is 0 Å². The number of Topliss-reactive ketones (excluding diaryl/α,β-unsaturated/α-hetero) is 1. The van der Waals surface area contributed by atoms with E-state index in [1.165, 1.54) is 12.1 Å². The minimum atomic E-state index is -2.47. The van der Waals surface area contributed by atoms with E-state index in [2.05, 4.69) is 0 Å². The summed E-state index contributed by atoms with van der Waals surface area (Å²) in [5, 5.41) is 31.0. The van der Waals surface area contributed by atoms with Crippen molar-refractivity contribution in [3.63, 3.8) is 0 Å². The molecule has 4 nitrogen and oxygen atoms in total. The quantitative estimate of drug-likeness (QED) is 0.416. The van der Waals surface area contributed by atoms with Crippen LogP contribution < -0.4 is 0 Å². The summed E-state index contributed by atoms with van der Waals surface area (Å²) in [7, 11) is 0. The van der Waals surface area contributed by atoms with E-state index >= 15 is 0 Å². The molecule has 0 aliphatic carbocycles. The van der Waals surface area contributed by atoms with Crippen LogP contribution in [0.15, 0.2) is 24.3 Å². The first-order chi connectivity index (χ1) is 12.0. The number of hydrogen-bond donors (Lipinski definition) is 3. The zero-order valence-electron chi connectivity index (χ0n) is 12.6. The third-order valence-corrected chi connectivity index (χ3v) is 5.76. The Bertz CT molecular complexity index is 872. The van der Waals surface area contributed by atoms with Crippen LogP contribution in [-0.4, -0.2) is 33.8 Å². The molecule has 3 N–H and O–H groups in total. The molecule has 2 aromatic rings. The second kappa shape index (κ2) is 8.39. The van der Waals surface area contributed by atoms with Crippen LogP contribution in [0.1, 0.15) is 15.9 Å². The van der Waals surface area contributed by atoms with Gasteiger partial charge in [0.1, 0.15) is 5.60 Å². The average Bonchev–Trinajstić information content (AvgIpc) is 2.59. The van der Waals surface area contributed by atoms with Crippen molar-refractivity contribution in [2.45, 2.75) is 11.7 Å². The molecule has 0 aromatic heterocycles. The Kier molecular flexibility index (Phi) is 7.11. The molecule has 26 heavy (non-hydrogen) atoms. The molecule has 0 spiro atoms. The Labute approximate surface area is 178 Å². The Hall–Kier alpha value is -0.270. The Morgan fingerprint density at radius 1 is 0.846 bits per heavy atom. The number of hydrogen-bond acceptors (Lipinski definition) is 4. The van der Waals surface area contributed by atoms with E-state index in [0.29, 0.717) is 0 Å². The summed E-state index contributed by atoms with van der Waals surface area (Å²) in [5.41, 5.74) is -2.86. The molecule has 2 atom stereocenters. The molecule has 2 unspecified atom stereocenters. The number of carbonyl (C=O) groups is 1. The van der Waals surface area contributed by atoms with Gasteiger partial charge < -0.3 is 15.3 Å².